The van der Waals surface area contributed by atoms with Gasteiger partial charge in [0.05, 0.1) is 16.8 Å². The minimum Gasteiger partial charge on any atom is -0.367 e. The van der Waals surface area contributed by atoms with Gasteiger partial charge in [0, 0.05) is 23.5 Å². The van der Waals surface area contributed by atoms with Crippen molar-refractivity contribution in [1.82, 2.24) is 19.6 Å². The van der Waals surface area contributed by atoms with E-state index in [-0.39, 0.29) is 11.6 Å². The summed E-state index contributed by atoms with van der Waals surface area (Å²) < 4.78 is 28.9. The lowest BCUT2D eigenvalue weighted by Crippen LogP contribution is -2.16. The zero-order valence-corrected chi connectivity index (χ0v) is 19.5. The number of anilines is 3. The summed E-state index contributed by atoms with van der Waals surface area (Å²) in [5.74, 6) is 0.671. The Balaban J connectivity index is 1.47. The number of pyridine rings is 1. The number of halogens is 2. The van der Waals surface area contributed by atoms with Crippen LogP contribution < -0.4 is 10.6 Å². The first-order chi connectivity index (χ1) is 17.6. The Morgan fingerprint density at radius 3 is 2.31 bits per heavy atom. The number of hydrogen-bond acceptors (Lipinski definition) is 5. The molecule has 1 fully saturated rings. The summed E-state index contributed by atoms with van der Waals surface area (Å²) >= 11 is 0. The predicted molar refractivity (Wildman–Crippen MR) is 137 cm³/mol. The van der Waals surface area contributed by atoms with Crippen LogP contribution in [0.4, 0.5) is 26.2 Å². The molecule has 180 valence electrons. The van der Waals surface area contributed by atoms with Crippen molar-refractivity contribution in [3.63, 3.8) is 0 Å². The Kier molecular flexibility index (Phi) is 5.77. The van der Waals surface area contributed by atoms with E-state index in [2.05, 4.69) is 15.6 Å². The molecule has 0 spiro atoms. The number of nitrogens with one attached hydrogen (secondary N) is 2. The fraction of sp³-hybridized carbons (Fsp3) is 0.179. The maximum Gasteiger partial charge on any atom is 0.227 e. The molecule has 0 atom stereocenters. The van der Waals surface area contributed by atoms with Crippen molar-refractivity contribution in [2.24, 2.45) is 0 Å². The Bertz CT molecular complexity index is 1510. The highest BCUT2D eigenvalue weighted by molar-refractivity contribution is 5.91. The van der Waals surface area contributed by atoms with Gasteiger partial charge in [-0.15, -0.1) is 0 Å². The van der Waals surface area contributed by atoms with Gasteiger partial charge in [-0.3, -0.25) is 0 Å². The largest absolute Gasteiger partial charge is 0.367 e. The first kappa shape index (κ1) is 22.2. The summed E-state index contributed by atoms with van der Waals surface area (Å²) in [7, 11) is 0. The van der Waals surface area contributed by atoms with Gasteiger partial charge < -0.3 is 10.6 Å². The Morgan fingerprint density at radius 2 is 1.56 bits per heavy atom. The summed E-state index contributed by atoms with van der Waals surface area (Å²) in [5, 5.41) is 11.7. The van der Waals surface area contributed by atoms with Crippen LogP contribution in [0.5, 0.6) is 0 Å². The van der Waals surface area contributed by atoms with E-state index in [9.17, 15) is 8.78 Å². The first-order valence-electron chi connectivity index (χ1n) is 12.0. The van der Waals surface area contributed by atoms with Crippen LogP contribution in [0.2, 0.25) is 0 Å². The molecule has 1 aliphatic rings. The Hall–Kier alpha value is -4.33. The van der Waals surface area contributed by atoms with Crippen molar-refractivity contribution in [3.05, 3.63) is 90.6 Å². The second kappa shape index (κ2) is 9.37. The van der Waals surface area contributed by atoms with Gasteiger partial charge in [-0.2, -0.15) is 5.10 Å². The molecule has 0 bridgehead atoms. The van der Waals surface area contributed by atoms with Crippen LogP contribution in [0.15, 0.2) is 79.0 Å². The third-order valence-electron chi connectivity index (χ3n) is 6.49. The minimum atomic E-state index is -0.312. The van der Waals surface area contributed by atoms with Crippen molar-refractivity contribution < 1.29 is 8.78 Å². The molecule has 3 aromatic heterocycles. The topological polar surface area (TPSA) is 67.1 Å². The Labute approximate surface area is 207 Å². The molecule has 0 radical (unpaired) electrons. The molecule has 6 nitrogen and oxygen atoms in total. The van der Waals surface area contributed by atoms with E-state index < -0.39 is 0 Å². The fourth-order valence-electron chi connectivity index (χ4n) is 4.74. The normalized spacial score (nSPS) is 13.8. The maximum atomic E-state index is 13.7. The van der Waals surface area contributed by atoms with Gasteiger partial charge >= 0.3 is 0 Å². The number of hydrogen-bond donors (Lipinski definition) is 2. The molecule has 5 aromatic rings. The van der Waals surface area contributed by atoms with Crippen molar-refractivity contribution in [2.45, 2.75) is 31.7 Å². The van der Waals surface area contributed by atoms with Gasteiger partial charge in [-0.25, -0.2) is 23.3 Å². The van der Waals surface area contributed by atoms with E-state index in [0.29, 0.717) is 29.1 Å². The lowest BCUT2D eigenvalue weighted by atomic mass is 10.0. The predicted octanol–water partition coefficient (Wildman–Crippen LogP) is 6.83. The van der Waals surface area contributed by atoms with Crippen LogP contribution in [0.3, 0.4) is 0 Å². The second-order valence-corrected chi connectivity index (χ2v) is 8.96. The van der Waals surface area contributed by atoms with E-state index in [1.165, 1.54) is 37.1 Å². The standard InChI is InChI=1S/C28H24F2N6/c29-19-10-8-18(9-11-19)27-26(23-16-17-31-28(34-23)33-22-14-12-20(30)13-15-22)24-6-3-7-25(36(24)35-27)32-21-4-1-2-5-21/h3,6-17,21,32H,1-2,4-5H2,(H,31,33,34). The number of fused-ring (bicyclic) bond motifs is 1. The minimum absolute atomic E-state index is 0.305. The van der Waals surface area contributed by atoms with E-state index in [0.717, 1.165) is 35.3 Å². The summed E-state index contributed by atoms with van der Waals surface area (Å²) in [6, 6.07) is 20.6. The molecule has 6 rings (SSSR count). The first-order valence-corrected chi connectivity index (χ1v) is 12.0. The van der Waals surface area contributed by atoms with Crippen molar-refractivity contribution in [2.75, 3.05) is 10.6 Å². The number of aromatic nitrogens is 4. The SMILES string of the molecule is Fc1ccc(Nc2nccc(-c3c(-c4ccc(F)cc4)nn4c(NC5CCCC5)cccc34)n2)cc1. The van der Waals surface area contributed by atoms with Crippen LogP contribution in [0.1, 0.15) is 25.7 Å². The summed E-state index contributed by atoms with van der Waals surface area (Å²) in [4.78, 5) is 9.10. The molecule has 1 aliphatic carbocycles. The molecule has 2 N–H and O–H groups in total. The number of rotatable bonds is 6. The zero-order valence-electron chi connectivity index (χ0n) is 19.5. The molecule has 36 heavy (non-hydrogen) atoms. The van der Waals surface area contributed by atoms with Crippen LogP contribution in [0, 0.1) is 11.6 Å². The fourth-order valence-corrected chi connectivity index (χ4v) is 4.74. The summed E-state index contributed by atoms with van der Waals surface area (Å²) in [5.41, 5.74) is 4.53. The molecule has 0 saturated heterocycles. The average molecular weight is 483 g/mol. The summed E-state index contributed by atoms with van der Waals surface area (Å²) in [6.45, 7) is 0. The molecule has 0 amide bonds. The highest BCUT2D eigenvalue weighted by Crippen LogP contribution is 2.36. The molecular weight excluding hydrogens is 458 g/mol. The highest BCUT2D eigenvalue weighted by Gasteiger charge is 2.21. The van der Waals surface area contributed by atoms with E-state index in [4.69, 9.17) is 10.1 Å². The lowest BCUT2D eigenvalue weighted by molar-refractivity contribution is 0.627. The zero-order chi connectivity index (χ0) is 24.5. The van der Waals surface area contributed by atoms with Crippen molar-refractivity contribution in [3.8, 4) is 22.5 Å². The maximum absolute atomic E-state index is 13.7. The van der Waals surface area contributed by atoms with E-state index in [1.807, 2.05) is 28.8 Å². The summed E-state index contributed by atoms with van der Waals surface area (Å²) in [6.07, 6.45) is 6.40. The monoisotopic (exact) mass is 482 g/mol. The van der Waals surface area contributed by atoms with Gasteiger partial charge in [0.15, 0.2) is 0 Å². The highest BCUT2D eigenvalue weighted by atomic mass is 19.1. The van der Waals surface area contributed by atoms with Crippen molar-refractivity contribution in [1.29, 1.82) is 0 Å². The Morgan fingerprint density at radius 1 is 0.833 bits per heavy atom. The molecule has 8 heteroatoms. The molecule has 2 aromatic carbocycles. The molecule has 1 saturated carbocycles. The number of nitrogens with zero attached hydrogens (tertiary/aromatic N) is 4. The van der Waals surface area contributed by atoms with Crippen LogP contribution >= 0.6 is 0 Å². The molecular formula is C28H24F2N6. The molecule has 0 unspecified atom stereocenters. The quantitative estimate of drug-likeness (QED) is 0.278. The third-order valence-corrected chi connectivity index (χ3v) is 6.49. The van der Waals surface area contributed by atoms with E-state index >= 15 is 0 Å². The van der Waals surface area contributed by atoms with Crippen LogP contribution in [0.25, 0.3) is 28.0 Å². The molecule has 3 heterocycles. The van der Waals surface area contributed by atoms with Gasteiger partial charge in [0.2, 0.25) is 5.95 Å². The van der Waals surface area contributed by atoms with Gasteiger partial charge in [-0.1, -0.05) is 18.9 Å². The van der Waals surface area contributed by atoms with Crippen LogP contribution in [-0.4, -0.2) is 25.6 Å². The second-order valence-electron chi connectivity index (χ2n) is 8.96. The lowest BCUT2D eigenvalue weighted by Gasteiger charge is -2.14. The average Bonchev–Trinajstić information content (AvgIpc) is 3.55. The van der Waals surface area contributed by atoms with Crippen molar-refractivity contribution >= 4 is 23.0 Å². The van der Waals surface area contributed by atoms with Crippen LogP contribution in [-0.2, 0) is 0 Å². The third kappa shape index (κ3) is 4.37. The van der Waals surface area contributed by atoms with E-state index in [1.54, 1.807) is 30.5 Å². The molecule has 0 aliphatic heterocycles. The van der Waals surface area contributed by atoms with Gasteiger partial charge in [0.25, 0.3) is 0 Å². The van der Waals surface area contributed by atoms with Gasteiger partial charge in [-0.05, 0) is 79.6 Å². The number of benzene rings is 2. The smallest absolute Gasteiger partial charge is 0.227 e. The van der Waals surface area contributed by atoms with Gasteiger partial charge in [0.1, 0.15) is 23.1 Å².